The fourth-order valence-corrected chi connectivity index (χ4v) is 3.53. The van der Waals surface area contributed by atoms with Gasteiger partial charge in [0.15, 0.2) is 6.23 Å². The van der Waals surface area contributed by atoms with Gasteiger partial charge >= 0.3 is 0 Å². The lowest BCUT2D eigenvalue weighted by Crippen LogP contribution is -2.39. The van der Waals surface area contributed by atoms with Crippen molar-refractivity contribution in [3.8, 4) is 0 Å². The van der Waals surface area contributed by atoms with Crippen molar-refractivity contribution >= 4 is 17.7 Å². The highest BCUT2D eigenvalue weighted by Crippen LogP contribution is 2.30. The number of hydrogen-bond donors (Lipinski definition) is 2. The van der Waals surface area contributed by atoms with Crippen molar-refractivity contribution in [3.05, 3.63) is 70.8 Å². The van der Waals surface area contributed by atoms with Gasteiger partial charge in [0.05, 0.1) is 11.1 Å². The van der Waals surface area contributed by atoms with E-state index in [0.717, 1.165) is 0 Å². The summed E-state index contributed by atoms with van der Waals surface area (Å²) in [6.45, 7) is 1.44. The first-order chi connectivity index (χ1) is 13.1. The van der Waals surface area contributed by atoms with Crippen LogP contribution < -0.4 is 5.32 Å². The molecule has 1 unspecified atom stereocenters. The van der Waals surface area contributed by atoms with Gasteiger partial charge < -0.3 is 15.3 Å². The van der Waals surface area contributed by atoms with Crippen LogP contribution in [0.1, 0.15) is 42.9 Å². The number of fused-ring (bicyclic) bond motifs is 2. The van der Waals surface area contributed by atoms with Gasteiger partial charge in [-0.2, -0.15) is 0 Å². The minimum absolute atomic E-state index is 0.194. The zero-order chi connectivity index (χ0) is 19.0. The number of amides is 3. The van der Waals surface area contributed by atoms with Crippen molar-refractivity contribution in [2.45, 2.75) is 6.23 Å². The van der Waals surface area contributed by atoms with Crippen LogP contribution >= 0.6 is 0 Å². The van der Waals surface area contributed by atoms with Crippen molar-refractivity contribution in [2.75, 3.05) is 26.2 Å². The Balaban J connectivity index is 1.27. The number of nitrogens with zero attached hydrogens (tertiary/aromatic N) is 2. The molecule has 2 aliphatic rings. The topological polar surface area (TPSA) is 90.0 Å². The maximum Gasteiger partial charge on any atom is 0.261 e. The number of rotatable bonds is 6. The third-order valence-corrected chi connectivity index (χ3v) is 4.95. The molecule has 2 heterocycles. The Bertz CT molecular complexity index is 892. The third-order valence-electron chi connectivity index (χ3n) is 4.95. The van der Waals surface area contributed by atoms with E-state index in [-0.39, 0.29) is 24.3 Å². The van der Waals surface area contributed by atoms with Gasteiger partial charge in [0.2, 0.25) is 0 Å². The van der Waals surface area contributed by atoms with Gasteiger partial charge in [-0.15, -0.1) is 0 Å². The monoisotopic (exact) mass is 365 g/mol. The van der Waals surface area contributed by atoms with E-state index in [4.69, 9.17) is 0 Å². The predicted octanol–water partition coefficient (Wildman–Crippen LogP) is 1.02. The van der Waals surface area contributed by atoms with Crippen molar-refractivity contribution < 1.29 is 19.5 Å². The molecular formula is C20H19N3O4. The lowest BCUT2D eigenvalue weighted by molar-refractivity contribution is 0.0182. The van der Waals surface area contributed by atoms with Crippen LogP contribution in [0.5, 0.6) is 0 Å². The van der Waals surface area contributed by atoms with Gasteiger partial charge in [0, 0.05) is 37.3 Å². The van der Waals surface area contributed by atoms with Crippen LogP contribution in [0.4, 0.5) is 0 Å². The first-order valence-corrected chi connectivity index (χ1v) is 8.83. The Labute approximate surface area is 156 Å². The number of carbonyl (C=O) groups is 3. The molecular weight excluding hydrogens is 346 g/mol. The molecule has 0 saturated heterocycles. The summed E-state index contributed by atoms with van der Waals surface area (Å²) < 4.78 is 0. The molecule has 2 aromatic carbocycles. The van der Waals surface area contributed by atoms with E-state index >= 15 is 0 Å². The molecule has 1 atom stereocenters. The third kappa shape index (κ3) is 2.90. The molecule has 7 nitrogen and oxygen atoms in total. The van der Waals surface area contributed by atoms with Crippen molar-refractivity contribution in [3.63, 3.8) is 0 Å². The van der Waals surface area contributed by atoms with Crippen molar-refractivity contribution in [1.29, 1.82) is 0 Å². The van der Waals surface area contributed by atoms with E-state index in [2.05, 4.69) is 5.32 Å². The number of carbonyl (C=O) groups excluding carboxylic acids is 3. The lowest BCUT2D eigenvalue weighted by Gasteiger charge is -2.21. The second-order valence-corrected chi connectivity index (χ2v) is 6.52. The summed E-state index contributed by atoms with van der Waals surface area (Å²) >= 11 is 0. The molecule has 7 heteroatoms. The molecule has 0 bridgehead atoms. The number of aliphatic hydroxyl groups excluding tert-OH is 1. The summed E-state index contributed by atoms with van der Waals surface area (Å²) in [6, 6.07) is 13.8. The van der Waals surface area contributed by atoms with E-state index < -0.39 is 6.23 Å². The zero-order valence-electron chi connectivity index (χ0n) is 14.6. The Morgan fingerprint density at radius 3 is 1.96 bits per heavy atom. The molecule has 2 N–H and O–H groups in total. The van der Waals surface area contributed by atoms with E-state index in [1.54, 1.807) is 48.5 Å². The molecule has 0 fully saturated rings. The van der Waals surface area contributed by atoms with Crippen LogP contribution in [-0.4, -0.2) is 58.8 Å². The molecule has 138 valence electrons. The first kappa shape index (κ1) is 17.4. The van der Waals surface area contributed by atoms with Crippen LogP contribution in [0.2, 0.25) is 0 Å². The van der Waals surface area contributed by atoms with Crippen molar-refractivity contribution in [2.24, 2.45) is 0 Å². The summed E-state index contributed by atoms with van der Waals surface area (Å²) in [5, 5.41) is 13.4. The summed E-state index contributed by atoms with van der Waals surface area (Å²) in [5.74, 6) is -0.753. The molecule has 0 spiro atoms. The van der Waals surface area contributed by atoms with E-state index in [1.807, 2.05) is 0 Å². The van der Waals surface area contributed by atoms with E-state index in [9.17, 15) is 19.5 Å². The molecule has 4 rings (SSSR count). The minimum atomic E-state index is -0.938. The number of hydrogen-bond acceptors (Lipinski definition) is 5. The first-order valence-electron chi connectivity index (χ1n) is 8.83. The minimum Gasteiger partial charge on any atom is -0.369 e. The Morgan fingerprint density at radius 2 is 1.33 bits per heavy atom. The van der Waals surface area contributed by atoms with Gasteiger partial charge in [-0.3, -0.25) is 19.3 Å². The van der Waals surface area contributed by atoms with Crippen LogP contribution in [-0.2, 0) is 0 Å². The second kappa shape index (κ2) is 6.94. The van der Waals surface area contributed by atoms with E-state index in [0.29, 0.717) is 41.9 Å². The van der Waals surface area contributed by atoms with E-state index in [1.165, 1.54) is 9.80 Å². The maximum atomic E-state index is 12.3. The van der Waals surface area contributed by atoms with Gasteiger partial charge in [-0.1, -0.05) is 30.3 Å². The fraction of sp³-hybridized carbons (Fsp3) is 0.250. The number of imide groups is 1. The van der Waals surface area contributed by atoms with Gasteiger partial charge in [-0.05, 0) is 18.2 Å². The molecule has 27 heavy (non-hydrogen) atoms. The number of nitrogens with one attached hydrogen (secondary N) is 1. The quantitative estimate of drug-likeness (QED) is 0.589. The van der Waals surface area contributed by atoms with Crippen LogP contribution in [0.3, 0.4) is 0 Å². The van der Waals surface area contributed by atoms with Crippen LogP contribution in [0, 0.1) is 0 Å². The van der Waals surface area contributed by atoms with Crippen LogP contribution in [0.25, 0.3) is 0 Å². The van der Waals surface area contributed by atoms with Gasteiger partial charge in [-0.25, -0.2) is 0 Å². The lowest BCUT2D eigenvalue weighted by atomic mass is 10.1. The zero-order valence-corrected chi connectivity index (χ0v) is 14.6. The average molecular weight is 365 g/mol. The maximum absolute atomic E-state index is 12.3. The normalized spacial score (nSPS) is 18.3. The fourth-order valence-electron chi connectivity index (χ4n) is 3.53. The molecule has 0 radical (unpaired) electrons. The SMILES string of the molecule is O=C1c2ccccc2C(=O)N1CCNCCN1C(=O)c2ccccc2C1O. The number of benzene rings is 2. The average Bonchev–Trinajstić information content (AvgIpc) is 3.08. The second-order valence-electron chi connectivity index (χ2n) is 6.52. The van der Waals surface area contributed by atoms with Crippen LogP contribution in [0.15, 0.2) is 48.5 Å². The smallest absolute Gasteiger partial charge is 0.261 e. The molecule has 0 aromatic heterocycles. The largest absolute Gasteiger partial charge is 0.369 e. The standard InChI is InChI=1S/C20H19N3O4/c24-17-13-5-1-2-6-14(13)18(25)22(17)11-9-21-10-12-23-19(26)15-7-3-4-8-16(15)20(23)27/h1-8,17,21,24H,9-12H2. The molecule has 0 saturated carbocycles. The molecule has 2 aliphatic heterocycles. The molecule has 2 aromatic rings. The highest BCUT2D eigenvalue weighted by Gasteiger charge is 2.35. The summed E-state index contributed by atoms with van der Waals surface area (Å²) in [7, 11) is 0. The predicted molar refractivity (Wildman–Crippen MR) is 97.1 cm³/mol. The summed E-state index contributed by atoms with van der Waals surface area (Å²) in [6.07, 6.45) is -0.938. The Morgan fingerprint density at radius 1 is 0.778 bits per heavy atom. The molecule has 0 aliphatic carbocycles. The highest BCUT2D eigenvalue weighted by atomic mass is 16.3. The Hall–Kier alpha value is -3.03. The van der Waals surface area contributed by atoms with Crippen molar-refractivity contribution in [1.82, 2.24) is 15.1 Å². The Kier molecular flexibility index (Phi) is 4.47. The summed E-state index contributed by atoms with van der Waals surface area (Å²) in [4.78, 5) is 39.5. The van der Waals surface area contributed by atoms with Gasteiger partial charge in [0.25, 0.3) is 17.7 Å². The highest BCUT2D eigenvalue weighted by molar-refractivity contribution is 6.21. The summed E-state index contributed by atoms with van der Waals surface area (Å²) in [5.41, 5.74) is 2.02. The number of aliphatic hydroxyl groups is 1. The van der Waals surface area contributed by atoms with Gasteiger partial charge in [0.1, 0.15) is 0 Å². The molecule has 3 amide bonds.